The summed E-state index contributed by atoms with van der Waals surface area (Å²) in [6.07, 6.45) is 7.39. The number of anilines is 2. The number of carbonyl (C=O) groups excluding carboxylic acids is 1. The number of rotatable bonds is 6. The number of thiophene rings is 1. The first-order chi connectivity index (χ1) is 14.6. The van der Waals surface area contributed by atoms with E-state index in [-0.39, 0.29) is 18.2 Å². The van der Waals surface area contributed by atoms with E-state index in [1.54, 1.807) is 13.3 Å². The summed E-state index contributed by atoms with van der Waals surface area (Å²) in [5, 5.41) is 4.11. The molecule has 3 heterocycles. The maximum absolute atomic E-state index is 12.1. The third kappa shape index (κ3) is 4.08. The molecule has 0 aliphatic heterocycles. The van der Waals surface area contributed by atoms with Crippen molar-refractivity contribution >= 4 is 39.0 Å². The Hall–Kier alpha value is -2.78. The lowest BCUT2D eigenvalue weighted by Gasteiger charge is -2.28. The number of methoxy groups -OCH3 is 2. The second-order valence-electron chi connectivity index (χ2n) is 7.20. The second kappa shape index (κ2) is 8.93. The molecule has 9 heteroatoms. The Morgan fingerprint density at radius 3 is 2.83 bits per heavy atom. The Bertz CT molecular complexity index is 1050. The molecular weight excluding hydrogens is 404 g/mol. The molecule has 0 spiro atoms. The molecule has 1 fully saturated rings. The SMILES string of the molecule is COC(=O)c1sc2ncnc(Nc3cccnc3OC3CCC[C@@H](OC)C3)c2c1C. The zero-order chi connectivity index (χ0) is 21.1. The van der Waals surface area contributed by atoms with Crippen molar-refractivity contribution in [2.24, 2.45) is 0 Å². The topological polar surface area (TPSA) is 95.5 Å². The van der Waals surface area contributed by atoms with Gasteiger partial charge in [0.2, 0.25) is 5.88 Å². The molecule has 2 atom stereocenters. The van der Waals surface area contributed by atoms with Crippen LogP contribution in [0.3, 0.4) is 0 Å². The first-order valence-electron chi connectivity index (χ1n) is 9.84. The highest BCUT2D eigenvalue weighted by atomic mass is 32.1. The van der Waals surface area contributed by atoms with Crippen LogP contribution in [0.15, 0.2) is 24.7 Å². The minimum absolute atomic E-state index is 0.0541. The van der Waals surface area contributed by atoms with Gasteiger partial charge in [0.15, 0.2) is 0 Å². The molecule has 8 nitrogen and oxygen atoms in total. The monoisotopic (exact) mass is 428 g/mol. The van der Waals surface area contributed by atoms with Gasteiger partial charge in [0.1, 0.15) is 33.6 Å². The number of hydrogen-bond acceptors (Lipinski definition) is 9. The zero-order valence-corrected chi connectivity index (χ0v) is 18.0. The number of nitrogens with one attached hydrogen (secondary N) is 1. The fourth-order valence-corrected chi connectivity index (χ4v) is 4.81. The number of carbonyl (C=O) groups is 1. The quantitative estimate of drug-likeness (QED) is 0.582. The molecule has 3 aromatic rings. The highest BCUT2D eigenvalue weighted by Gasteiger charge is 2.25. The van der Waals surface area contributed by atoms with E-state index in [0.717, 1.165) is 36.6 Å². The summed E-state index contributed by atoms with van der Waals surface area (Å²) in [7, 11) is 3.11. The lowest BCUT2D eigenvalue weighted by atomic mass is 9.95. The van der Waals surface area contributed by atoms with Crippen molar-refractivity contribution in [3.63, 3.8) is 0 Å². The summed E-state index contributed by atoms with van der Waals surface area (Å²) in [5.74, 6) is 0.740. The van der Waals surface area contributed by atoms with E-state index >= 15 is 0 Å². The molecule has 4 rings (SSSR count). The van der Waals surface area contributed by atoms with Crippen LogP contribution >= 0.6 is 11.3 Å². The number of nitrogens with zero attached hydrogens (tertiary/aromatic N) is 3. The largest absolute Gasteiger partial charge is 0.473 e. The average molecular weight is 429 g/mol. The summed E-state index contributed by atoms with van der Waals surface area (Å²) >= 11 is 1.29. The minimum atomic E-state index is -0.378. The van der Waals surface area contributed by atoms with Crippen LogP contribution in [-0.2, 0) is 9.47 Å². The number of esters is 1. The van der Waals surface area contributed by atoms with Crippen molar-refractivity contribution in [2.75, 3.05) is 19.5 Å². The highest BCUT2D eigenvalue weighted by Crippen LogP contribution is 2.36. The average Bonchev–Trinajstić information content (AvgIpc) is 3.12. The molecule has 1 aliphatic rings. The van der Waals surface area contributed by atoms with Gasteiger partial charge in [-0.2, -0.15) is 0 Å². The number of aromatic nitrogens is 3. The van der Waals surface area contributed by atoms with Gasteiger partial charge in [-0.3, -0.25) is 0 Å². The van der Waals surface area contributed by atoms with E-state index in [1.165, 1.54) is 24.8 Å². The Morgan fingerprint density at radius 1 is 1.20 bits per heavy atom. The molecule has 1 saturated carbocycles. The molecule has 3 aromatic heterocycles. The van der Waals surface area contributed by atoms with Crippen LogP contribution in [0, 0.1) is 6.92 Å². The second-order valence-corrected chi connectivity index (χ2v) is 8.19. The Morgan fingerprint density at radius 2 is 2.03 bits per heavy atom. The van der Waals surface area contributed by atoms with Crippen LogP contribution in [0.25, 0.3) is 10.2 Å². The summed E-state index contributed by atoms with van der Waals surface area (Å²) in [6, 6.07) is 3.74. The zero-order valence-electron chi connectivity index (χ0n) is 17.2. The molecule has 0 aromatic carbocycles. The maximum atomic E-state index is 12.1. The molecule has 0 saturated heterocycles. The van der Waals surface area contributed by atoms with Crippen LogP contribution in [0.1, 0.15) is 40.9 Å². The molecule has 0 bridgehead atoms. The Kier molecular flexibility index (Phi) is 6.10. The number of pyridine rings is 1. The summed E-state index contributed by atoms with van der Waals surface area (Å²) in [5.41, 5.74) is 1.49. The van der Waals surface area contributed by atoms with Gasteiger partial charge < -0.3 is 19.5 Å². The van der Waals surface area contributed by atoms with Crippen molar-refractivity contribution < 1.29 is 19.0 Å². The van der Waals surface area contributed by atoms with Gasteiger partial charge in [-0.1, -0.05) is 0 Å². The van der Waals surface area contributed by atoms with E-state index in [0.29, 0.717) is 27.1 Å². The van der Waals surface area contributed by atoms with E-state index < -0.39 is 0 Å². The summed E-state index contributed by atoms with van der Waals surface area (Å²) in [4.78, 5) is 26.5. The van der Waals surface area contributed by atoms with Crippen molar-refractivity contribution in [3.05, 3.63) is 35.1 Å². The van der Waals surface area contributed by atoms with Gasteiger partial charge in [-0.05, 0) is 43.9 Å². The first-order valence-corrected chi connectivity index (χ1v) is 10.7. The molecular formula is C21H24N4O4S. The van der Waals surface area contributed by atoms with Crippen LogP contribution < -0.4 is 10.1 Å². The normalized spacial score (nSPS) is 18.9. The molecule has 1 aliphatic carbocycles. The Balaban J connectivity index is 1.63. The van der Waals surface area contributed by atoms with Gasteiger partial charge in [0.25, 0.3) is 0 Å². The molecule has 1 N–H and O–H groups in total. The number of aryl methyl sites for hydroxylation is 1. The van der Waals surface area contributed by atoms with E-state index in [9.17, 15) is 4.79 Å². The predicted molar refractivity (Wildman–Crippen MR) is 115 cm³/mol. The Labute approximate surface area is 178 Å². The molecule has 1 unspecified atom stereocenters. The lowest BCUT2D eigenvalue weighted by molar-refractivity contribution is 0.0197. The van der Waals surface area contributed by atoms with Gasteiger partial charge in [0, 0.05) is 19.7 Å². The van der Waals surface area contributed by atoms with Crippen molar-refractivity contribution in [1.29, 1.82) is 0 Å². The fraction of sp³-hybridized carbons (Fsp3) is 0.429. The van der Waals surface area contributed by atoms with E-state index in [2.05, 4.69) is 20.3 Å². The predicted octanol–water partition coefficient (Wildman–Crippen LogP) is 4.26. The van der Waals surface area contributed by atoms with E-state index in [4.69, 9.17) is 14.2 Å². The smallest absolute Gasteiger partial charge is 0.348 e. The van der Waals surface area contributed by atoms with Crippen LogP contribution in [0.2, 0.25) is 0 Å². The molecule has 158 valence electrons. The van der Waals surface area contributed by atoms with Gasteiger partial charge in [-0.25, -0.2) is 19.7 Å². The maximum Gasteiger partial charge on any atom is 0.348 e. The van der Waals surface area contributed by atoms with Crippen LogP contribution in [0.4, 0.5) is 11.5 Å². The van der Waals surface area contributed by atoms with Crippen molar-refractivity contribution in [3.8, 4) is 5.88 Å². The lowest BCUT2D eigenvalue weighted by Crippen LogP contribution is -2.29. The van der Waals surface area contributed by atoms with Crippen molar-refractivity contribution in [2.45, 2.75) is 44.8 Å². The van der Waals surface area contributed by atoms with Gasteiger partial charge in [-0.15, -0.1) is 11.3 Å². The van der Waals surface area contributed by atoms with Crippen LogP contribution in [0.5, 0.6) is 5.88 Å². The number of fused-ring (bicyclic) bond motifs is 1. The first kappa shape index (κ1) is 20.5. The standard InChI is InChI=1S/C21H24N4O4S/c1-12-16-18(23-11-24-20(16)30-17(12)21(26)28-3)25-15-8-5-9-22-19(15)29-14-7-4-6-13(10-14)27-2/h5,8-9,11,13-14H,4,6-7,10H2,1-3H3,(H,23,24,25)/t13-,14?/m1/s1. The van der Waals surface area contributed by atoms with Crippen LogP contribution in [-0.4, -0.2) is 47.3 Å². The molecule has 0 radical (unpaired) electrons. The number of ether oxygens (including phenoxy) is 3. The highest BCUT2D eigenvalue weighted by molar-refractivity contribution is 7.20. The fourth-order valence-electron chi connectivity index (χ4n) is 3.74. The third-order valence-corrected chi connectivity index (χ3v) is 6.49. The number of hydrogen-bond donors (Lipinski definition) is 1. The summed E-state index contributed by atoms with van der Waals surface area (Å²) < 4.78 is 16.6. The minimum Gasteiger partial charge on any atom is -0.473 e. The van der Waals surface area contributed by atoms with E-state index in [1.807, 2.05) is 19.1 Å². The molecule has 0 amide bonds. The van der Waals surface area contributed by atoms with Crippen molar-refractivity contribution in [1.82, 2.24) is 15.0 Å². The molecule has 30 heavy (non-hydrogen) atoms. The summed E-state index contributed by atoms with van der Waals surface area (Å²) in [6.45, 7) is 1.87. The van der Waals surface area contributed by atoms with Gasteiger partial charge >= 0.3 is 5.97 Å². The third-order valence-electron chi connectivity index (χ3n) is 5.31. The van der Waals surface area contributed by atoms with Gasteiger partial charge in [0.05, 0.1) is 18.6 Å².